The molecule has 2 aromatic rings. The summed E-state index contributed by atoms with van der Waals surface area (Å²) in [5, 5.41) is 0. The summed E-state index contributed by atoms with van der Waals surface area (Å²) in [4.78, 5) is 15.0. The van der Waals surface area contributed by atoms with Gasteiger partial charge in [-0.05, 0) is 24.5 Å². The van der Waals surface area contributed by atoms with Gasteiger partial charge in [-0.3, -0.25) is 9.10 Å². The van der Waals surface area contributed by atoms with Crippen LogP contribution in [0.4, 0.5) is 5.69 Å². The zero-order valence-corrected chi connectivity index (χ0v) is 17.7. The SMILES string of the molecule is COc1cc(C(=O)N2CCCC2)c(N(Cc2ccccc2)S(C)(=O)=O)cc1OC. The largest absolute Gasteiger partial charge is 0.493 e. The second kappa shape index (κ2) is 8.73. The van der Waals surface area contributed by atoms with Gasteiger partial charge in [0.15, 0.2) is 11.5 Å². The van der Waals surface area contributed by atoms with E-state index >= 15 is 0 Å². The molecule has 156 valence electrons. The number of sulfonamides is 1. The first kappa shape index (κ1) is 21.0. The Labute approximate surface area is 171 Å². The average Bonchev–Trinajstić information content (AvgIpc) is 3.25. The van der Waals surface area contributed by atoms with Crippen LogP contribution < -0.4 is 13.8 Å². The molecule has 1 amide bonds. The molecule has 1 fully saturated rings. The number of likely N-dealkylation sites (tertiary alicyclic amines) is 1. The van der Waals surface area contributed by atoms with E-state index in [2.05, 4.69) is 0 Å². The predicted molar refractivity (Wildman–Crippen MR) is 112 cm³/mol. The third kappa shape index (κ3) is 4.64. The summed E-state index contributed by atoms with van der Waals surface area (Å²) in [6.45, 7) is 1.42. The van der Waals surface area contributed by atoms with Gasteiger partial charge in [0.25, 0.3) is 5.91 Å². The van der Waals surface area contributed by atoms with Gasteiger partial charge in [-0.25, -0.2) is 8.42 Å². The van der Waals surface area contributed by atoms with Crippen molar-refractivity contribution in [2.45, 2.75) is 19.4 Å². The number of carbonyl (C=O) groups is 1. The van der Waals surface area contributed by atoms with Crippen LogP contribution in [0.15, 0.2) is 42.5 Å². The lowest BCUT2D eigenvalue weighted by Crippen LogP contribution is -2.34. The molecule has 0 saturated carbocycles. The summed E-state index contributed by atoms with van der Waals surface area (Å²) >= 11 is 0. The maximum absolute atomic E-state index is 13.2. The molecule has 2 aromatic carbocycles. The van der Waals surface area contributed by atoms with Crippen molar-refractivity contribution in [3.05, 3.63) is 53.6 Å². The highest BCUT2D eigenvalue weighted by Crippen LogP contribution is 2.37. The molecule has 0 aliphatic carbocycles. The predicted octanol–water partition coefficient (Wildman–Crippen LogP) is 2.91. The van der Waals surface area contributed by atoms with Gasteiger partial charge in [0, 0.05) is 19.2 Å². The Morgan fingerprint density at radius 2 is 1.62 bits per heavy atom. The van der Waals surface area contributed by atoms with E-state index in [4.69, 9.17) is 9.47 Å². The van der Waals surface area contributed by atoms with Crippen molar-refractivity contribution in [1.29, 1.82) is 0 Å². The minimum absolute atomic E-state index is 0.107. The first-order valence-corrected chi connectivity index (χ1v) is 11.3. The topological polar surface area (TPSA) is 76.2 Å². The van der Waals surface area contributed by atoms with Crippen LogP contribution in [-0.4, -0.2) is 52.8 Å². The number of hydrogen-bond donors (Lipinski definition) is 0. The number of benzene rings is 2. The number of carbonyl (C=O) groups excluding carboxylic acids is 1. The van der Waals surface area contributed by atoms with Crippen molar-refractivity contribution in [3.63, 3.8) is 0 Å². The lowest BCUT2D eigenvalue weighted by atomic mass is 10.1. The van der Waals surface area contributed by atoms with Gasteiger partial charge in [0.05, 0.1) is 38.3 Å². The molecule has 0 aromatic heterocycles. The molecule has 0 unspecified atom stereocenters. The number of ether oxygens (including phenoxy) is 2. The molecule has 3 rings (SSSR count). The summed E-state index contributed by atoms with van der Waals surface area (Å²) in [5.41, 5.74) is 1.38. The zero-order chi connectivity index (χ0) is 21.0. The van der Waals surface area contributed by atoms with Gasteiger partial charge >= 0.3 is 0 Å². The van der Waals surface area contributed by atoms with Crippen molar-refractivity contribution >= 4 is 21.6 Å². The second-order valence-electron chi connectivity index (χ2n) is 6.98. The lowest BCUT2D eigenvalue weighted by Gasteiger charge is -2.27. The summed E-state index contributed by atoms with van der Waals surface area (Å²) in [6.07, 6.45) is 3.01. The standard InChI is InChI=1S/C21H26N2O5S/c1-27-19-13-17(21(24)22-11-7-8-12-22)18(14-20(19)28-2)23(29(3,25)26)15-16-9-5-4-6-10-16/h4-6,9-10,13-14H,7-8,11-12,15H2,1-3H3. The summed E-state index contributed by atoms with van der Waals surface area (Å²) < 4.78 is 37.4. The quantitative estimate of drug-likeness (QED) is 0.691. The van der Waals surface area contributed by atoms with Gasteiger partial charge < -0.3 is 14.4 Å². The molecule has 1 aliphatic rings. The van der Waals surface area contributed by atoms with Gasteiger partial charge in [0.1, 0.15) is 0 Å². The van der Waals surface area contributed by atoms with E-state index in [0.29, 0.717) is 24.6 Å². The van der Waals surface area contributed by atoms with Crippen molar-refractivity contribution in [3.8, 4) is 11.5 Å². The van der Waals surface area contributed by atoms with Crippen molar-refractivity contribution in [2.75, 3.05) is 37.9 Å². The molecule has 0 bridgehead atoms. The van der Waals surface area contributed by atoms with Crippen LogP contribution in [0, 0.1) is 0 Å². The molecule has 29 heavy (non-hydrogen) atoms. The minimum Gasteiger partial charge on any atom is -0.493 e. The number of methoxy groups -OCH3 is 2. The summed E-state index contributed by atoms with van der Waals surface area (Å²) in [6, 6.07) is 12.4. The van der Waals surface area contributed by atoms with E-state index in [1.165, 1.54) is 18.5 Å². The van der Waals surface area contributed by atoms with Crippen LogP contribution in [0.25, 0.3) is 0 Å². The monoisotopic (exact) mass is 418 g/mol. The molecule has 0 spiro atoms. The number of rotatable bonds is 7. The number of anilines is 1. The highest BCUT2D eigenvalue weighted by atomic mass is 32.2. The van der Waals surface area contributed by atoms with E-state index in [1.54, 1.807) is 17.0 Å². The van der Waals surface area contributed by atoms with Crippen LogP contribution in [0.3, 0.4) is 0 Å². The number of amides is 1. The fraction of sp³-hybridized carbons (Fsp3) is 0.381. The van der Waals surface area contributed by atoms with E-state index in [-0.39, 0.29) is 23.7 Å². The average molecular weight is 419 g/mol. The Hall–Kier alpha value is -2.74. The smallest absolute Gasteiger partial charge is 0.256 e. The molecule has 7 nitrogen and oxygen atoms in total. The first-order valence-electron chi connectivity index (χ1n) is 9.42. The third-order valence-corrected chi connectivity index (χ3v) is 6.09. The number of hydrogen-bond acceptors (Lipinski definition) is 5. The zero-order valence-electron chi connectivity index (χ0n) is 16.9. The van der Waals surface area contributed by atoms with E-state index in [9.17, 15) is 13.2 Å². The fourth-order valence-corrected chi connectivity index (χ4v) is 4.36. The molecule has 0 radical (unpaired) electrons. The van der Waals surface area contributed by atoms with Crippen molar-refractivity contribution in [2.24, 2.45) is 0 Å². The molecule has 1 saturated heterocycles. The van der Waals surface area contributed by atoms with Gasteiger partial charge in [0.2, 0.25) is 10.0 Å². The van der Waals surface area contributed by atoms with E-state index in [1.807, 2.05) is 30.3 Å². The molecule has 1 heterocycles. The maximum atomic E-state index is 13.2. The van der Waals surface area contributed by atoms with Crippen molar-refractivity contribution in [1.82, 2.24) is 4.90 Å². The summed E-state index contributed by atoms with van der Waals surface area (Å²) in [5.74, 6) is 0.536. The molecular weight excluding hydrogens is 392 g/mol. The van der Waals surface area contributed by atoms with E-state index in [0.717, 1.165) is 24.7 Å². The van der Waals surface area contributed by atoms with Gasteiger partial charge in [-0.15, -0.1) is 0 Å². The molecule has 1 aliphatic heterocycles. The fourth-order valence-electron chi connectivity index (χ4n) is 3.47. The normalized spacial score (nSPS) is 14.0. The van der Waals surface area contributed by atoms with E-state index < -0.39 is 10.0 Å². The molecule has 0 N–H and O–H groups in total. The summed E-state index contributed by atoms with van der Waals surface area (Å²) in [7, 11) is -0.710. The van der Waals surface area contributed by atoms with Gasteiger partial charge in [-0.2, -0.15) is 0 Å². The third-order valence-electron chi connectivity index (χ3n) is 4.96. The van der Waals surface area contributed by atoms with Crippen LogP contribution >= 0.6 is 0 Å². The maximum Gasteiger partial charge on any atom is 0.256 e. The minimum atomic E-state index is -3.67. The Bertz CT molecular complexity index is 970. The highest BCUT2D eigenvalue weighted by molar-refractivity contribution is 7.92. The second-order valence-corrected chi connectivity index (χ2v) is 8.89. The molecule has 0 atom stereocenters. The Kier molecular flexibility index (Phi) is 6.32. The lowest BCUT2D eigenvalue weighted by molar-refractivity contribution is 0.0793. The van der Waals surface area contributed by atoms with Crippen LogP contribution in [-0.2, 0) is 16.6 Å². The van der Waals surface area contributed by atoms with Crippen LogP contribution in [0.5, 0.6) is 11.5 Å². The van der Waals surface area contributed by atoms with Crippen molar-refractivity contribution < 1.29 is 22.7 Å². The Morgan fingerprint density at radius 1 is 1.03 bits per heavy atom. The highest BCUT2D eigenvalue weighted by Gasteiger charge is 2.29. The Morgan fingerprint density at radius 3 is 2.17 bits per heavy atom. The molecule has 8 heteroatoms. The Balaban J connectivity index is 2.15. The molecular formula is C21H26N2O5S. The van der Waals surface area contributed by atoms with Gasteiger partial charge in [-0.1, -0.05) is 30.3 Å². The first-order chi connectivity index (χ1) is 13.8. The van der Waals surface area contributed by atoms with Crippen LogP contribution in [0.2, 0.25) is 0 Å². The number of nitrogens with zero attached hydrogens (tertiary/aromatic N) is 2. The van der Waals surface area contributed by atoms with Crippen LogP contribution in [0.1, 0.15) is 28.8 Å².